The summed E-state index contributed by atoms with van der Waals surface area (Å²) in [5.74, 6) is 0. The van der Waals surface area contributed by atoms with E-state index in [9.17, 15) is 4.39 Å². The lowest BCUT2D eigenvalue weighted by Crippen LogP contribution is -2.53. The van der Waals surface area contributed by atoms with E-state index in [4.69, 9.17) is 4.74 Å². The van der Waals surface area contributed by atoms with Gasteiger partial charge >= 0.3 is 0 Å². The summed E-state index contributed by atoms with van der Waals surface area (Å²) < 4.78 is 18.8. The average Bonchev–Trinajstić information content (AvgIpc) is 2.46. The molecule has 64 valence electrons. The molecule has 2 atom stereocenters. The Morgan fingerprint density at radius 2 is 2.45 bits per heavy atom. The van der Waals surface area contributed by atoms with Crippen molar-refractivity contribution in [2.45, 2.75) is 31.0 Å². The van der Waals surface area contributed by atoms with Crippen LogP contribution in [0.2, 0.25) is 0 Å². The van der Waals surface area contributed by atoms with Crippen molar-refractivity contribution < 1.29 is 9.13 Å². The van der Waals surface area contributed by atoms with Crippen molar-refractivity contribution in [1.29, 1.82) is 0 Å². The number of nitrogens with one attached hydrogen (secondary N) is 1. The van der Waals surface area contributed by atoms with E-state index < -0.39 is 11.8 Å². The van der Waals surface area contributed by atoms with Crippen LogP contribution in [0, 0.1) is 0 Å². The highest BCUT2D eigenvalue weighted by molar-refractivity contribution is 4.97. The molecule has 2 nitrogen and oxygen atoms in total. The third-order valence-corrected chi connectivity index (χ3v) is 2.70. The van der Waals surface area contributed by atoms with Gasteiger partial charge in [-0.3, -0.25) is 0 Å². The highest BCUT2D eigenvalue weighted by atomic mass is 19.1. The first-order valence-electron chi connectivity index (χ1n) is 4.32. The smallest absolute Gasteiger partial charge is 0.131 e. The van der Waals surface area contributed by atoms with Gasteiger partial charge in [0.15, 0.2) is 0 Å². The zero-order chi connectivity index (χ0) is 7.73. The molecule has 0 aromatic carbocycles. The van der Waals surface area contributed by atoms with Crippen LogP contribution in [0.4, 0.5) is 4.39 Å². The van der Waals surface area contributed by atoms with Gasteiger partial charge in [-0.15, -0.1) is 0 Å². The third kappa shape index (κ3) is 1.16. The minimum absolute atomic E-state index is 0.446. The van der Waals surface area contributed by atoms with Crippen LogP contribution in [0.3, 0.4) is 0 Å². The van der Waals surface area contributed by atoms with E-state index in [0.29, 0.717) is 13.0 Å². The number of halogens is 1. The highest BCUT2D eigenvalue weighted by Gasteiger charge is 2.44. The number of hydrogen-bond acceptors (Lipinski definition) is 2. The second kappa shape index (κ2) is 2.72. The summed E-state index contributed by atoms with van der Waals surface area (Å²) in [6.45, 7) is 2.24. The molecule has 2 fully saturated rings. The first-order valence-corrected chi connectivity index (χ1v) is 4.32. The zero-order valence-electron chi connectivity index (χ0n) is 6.61. The summed E-state index contributed by atoms with van der Waals surface area (Å²) in [5, 5.41) is 3.18. The van der Waals surface area contributed by atoms with Gasteiger partial charge in [0.05, 0.1) is 0 Å². The van der Waals surface area contributed by atoms with Gasteiger partial charge in [-0.25, -0.2) is 4.39 Å². The van der Waals surface area contributed by atoms with E-state index in [1.165, 1.54) is 0 Å². The van der Waals surface area contributed by atoms with Crippen LogP contribution in [0.1, 0.15) is 19.3 Å². The summed E-state index contributed by atoms with van der Waals surface area (Å²) in [6, 6.07) is 0. The first kappa shape index (κ1) is 7.50. The van der Waals surface area contributed by atoms with E-state index in [-0.39, 0.29) is 0 Å². The molecule has 2 saturated heterocycles. The Hall–Kier alpha value is -0.150. The Bertz CT molecular complexity index is 145. The molecule has 2 heterocycles. The van der Waals surface area contributed by atoms with Crippen LogP contribution in [-0.4, -0.2) is 31.5 Å². The Balaban J connectivity index is 2.07. The number of alkyl halides is 1. The predicted molar refractivity (Wildman–Crippen MR) is 40.3 cm³/mol. The fraction of sp³-hybridized carbons (Fsp3) is 1.00. The van der Waals surface area contributed by atoms with Crippen LogP contribution < -0.4 is 5.32 Å². The maximum Gasteiger partial charge on any atom is 0.131 e. The Labute approximate surface area is 66.1 Å². The topological polar surface area (TPSA) is 21.3 Å². The van der Waals surface area contributed by atoms with Crippen molar-refractivity contribution in [3.05, 3.63) is 0 Å². The lowest BCUT2D eigenvalue weighted by molar-refractivity contribution is -0.0698. The van der Waals surface area contributed by atoms with Gasteiger partial charge in [0.2, 0.25) is 0 Å². The van der Waals surface area contributed by atoms with Crippen molar-refractivity contribution in [3.63, 3.8) is 0 Å². The minimum atomic E-state index is -0.744. The molecule has 2 aliphatic heterocycles. The normalized spacial score (nSPS) is 45.0. The van der Waals surface area contributed by atoms with Crippen LogP contribution in [0.5, 0.6) is 0 Å². The number of rotatable bonds is 0. The summed E-state index contributed by atoms with van der Waals surface area (Å²) in [6.07, 6.45) is 1.77. The number of piperidine rings is 1. The first-order chi connectivity index (χ1) is 5.33. The number of ether oxygens (including phenoxy) is 1. The molecule has 1 N–H and O–H groups in total. The molecule has 2 unspecified atom stereocenters. The third-order valence-electron chi connectivity index (χ3n) is 2.70. The fourth-order valence-electron chi connectivity index (χ4n) is 2.01. The van der Waals surface area contributed by atoms with Crippen molar-refractivity contribution in [2.75, 3.05) is 19.7 Å². The second-order valence-corrected chi connectivity index (χ2v) is 3.45. The highest BCUT2D eigenvalue weighted by Crippen LogP contribution is 2.33. The van der Waals surface area contributed by atoms with Crippen molar-refractivity contribution >= 4 is 0 Å². The van der Waals surface area contributed by atoms with Crippen molar-refractivity contribution in [1.82, 2.24) is 5.32 Å². The summed E-state index contributed by atoms with van der Waals surface area (Å²) in [7, 11) is 0. The molecule has 3 heteroatoms. The van der Waals surface area contributed by atoms with Gasteiger partial charge in [-0.2, -0.15) is 0 Å². The van der Waals surface area contributed by atoms with Crippen LogP contribution in [-0.2, 0) is 4.74 Å². The largest absolute Gasteiger partial charge is 0.371 e. The fourth-order valence-corrected chi connectivity index (χ4v) is 2.01. The SMILES string of the molecule is FC1CCNCC12CCCO2. The quantitative estimate of drug-likeness (QED) is 0.566. The molecule has 11 heavy (non-hydrogen) atoms. The van der Waals surface area contributed by atoms with Gasteiger partial charge < -0.3 is 10.1 Å². The predicted octanol–water partition coefficient (Wildman–Crippen LogP) is 0.867. The molecular formula is C8H14FNO. The van der Waals surface area contributed by atoms with E-state index >= 15 is 0 Å². The maximum absolute atomic E-state index is 13.4. The molecule has 0 amide bonds. The molecule has 0 aromatic rings. The van der Waals surface area contributed by atoms with Crippen molar-refractivity contribution in [3.8, 4) is 0 Å². The summed E-state index contributed by atoms with van der Waals surface area (Å²) in [4.78, 5) is 0. The van der Waals surface area contributed by atoms with Gasteiger partial charge in [0.1, 0.15) is 11.8 Å². The van der Waals surface area contributed by atoms with Crippen molar-refractivity contribution in [2.24, 2.45) is 0 Å². The standard InChI is InChI=1S/C8H14FNO/c9-7-2-4-10-6-8(7)3-1-5-11-8/h7,10H,1-6H2. The molecule has 0 saturated carbocycles. The summed E-state index contributed by atoms with van der Waals surface area (Å²) >= 11 is 0. The Morgan fingerprint density at radius 1 is 1.55 bits per heavy atom. The monoisotopic (exact) mass is 159 g/mol. The van der Waals surface area contributed by atoms with Crippen LogP contribution in [0.15, 0.2) is 0 Å². The molecule has 0 aromatic heterocycles. The van der Waals surface area contributed by atoms with Crippen LogP contribution in [0.25, 0.3) is 0 Å². The van der Waals surface area contributed by atoms with Crippen LogP contribution >= 0.6 is 0 Å². The zero-order valence-corrected chi connectivity index (χ0v) is 6.61. The lowest BCUT2D eigenvalue weighted by atomic mass is 9.89. The molecule has 1 spiro atoms. The van der Waals surface area contributed by atoms with E-state index in [2.05, 4.69) is 5.32 Å². The Kier molecular flexibility index (Phi) is 1.85. The maximum atomic E-state index is 13.4. The van der Waals surface area contributed by atoms with E-state index in [1.54, 1.807) is 0 Å². The number of hydrogen-bond donors (Lipinski definition) is 1. The minimum Gasteiger partial charge on any atom is -0.371 e. The van der Waals surface area contributed by atoms with Gasteiger partial charge in [-0.1, -0.05) is 0 Å². The second-order valence-electron chi connectivity index (χ2n) is 3.45. The lowest BCUT2D eigenvalue weighted by Gasteiger charge is -2.36. The van der Waals surface area contributed by atoms with Gasteiger partial charge in [-0.05, 0) is 25.8 Å². The molecule has 0 aliphatic carbocycles. The van der Waals surface area contributed by atoms with Gasteiger partial charge in [0, 0.05) is 13.2 Å². The van der Waals surface area contributed by atoms with Gasteiger partial charge in [0.25, 0.3) is 0 Å². The molecule has 2 aliphatic rings. The van der Waals surface area contributed by atoms with E-state index in [0.717, 1.165) is 26.0 Å². The summed E-state index contributed by atoms with van der Waals surface area (Å²) in [5.41, 5.74) is -0.446. The Morgan fingerprint density at radius 3 is 3.09 bits per heavy atom. The van der Waals surface area contributed by atoms with E-state index in [1.807, 2.05) is 0 Å². The molecule has 0 bridgehead atoms. The molecule has 0 radical (unpaired) electrons. The molecule has 2 rings (SSSR count). The average molecular weight is 159 g/mol. The molecular weight excluding hydrogens is 145 g/mol.